The van der Waals surface area contributed by atoms with Crippen LogP contribution in [0.1, 0.15) is 25.1 Å². The lowest BCUT2D eigenvalue weighted by atomic mass is 10.1. The van der Waals surface area contributed by atoms with E-state index >= 15 is 0 Å². The molecule has 0 aliphatic carbocycles. The van der Waals surface area contributed by atoms with Crippen molar-refractivity contribution in [3.63, 3.8) is 0 Å². The third kappa shape index (κ3) is 4.42. The summed E-state index contributed by atoms with van der Waals surface area (Å²) >= 11 is 6.41. The first-order valence-electron chi connectivity index (χ1n) is 10.4. The smallest absolute Gasteiger partial charge is 0.337 e. The zero-order valence-corrected chi connectivity index (χ0v) is 19.4. The molecule has 4 aromatic rings. The molecule has 0 saturated carbocycles. The molecule has 0 aliphatic rings. The molecule has 0 saturated heterocycles. The molecule has 2 aromatic heterocycles. The van der Waals surface area contributed by atoms with Crippen molar-refractivity contribution >= 4 is 28.5 Å². The molecular formula is C25H26ClN3O3. The van der Waals surface area contributed by atoms with Crippen LogP contribution in [-0.2, 0) is 34.5 Å². The first-order chi connectivity index (χ1) is 15.3. The van der Waals surface area contributed by atoms with E-state index in [1.165, 1.54) is 12.5 Å². The maximum absolute atomic E-state index is 12.0. The summed E-state index contributed by atoms with van der Waals surface area (Å²) in [5.41, 5.74) is 3.75. The quantitative estimate of drug-likeness (QED) is 0.362. The second-order valence-electron chi connectivity index (χ2n) is 8.26. The van der Waals surface area contributed by atoms with Crippen LogP contribution >= 0.6 is 11.6 Å². The Hall–Kier alpha value is -3.09. The number of fused-ring (bicyclic) bond motifs is 1. The van der Waals surface area contributed by atoms with Crippen LogP contribution in [0.25, 0.3) is 22.2 Å². The fraction of sp³-hybridized carbons (Fsp3) is 0.280. The third-order valence-electron chi connectivity index (χ3n) is 5.55. The van der Waals surface area contributed by atoms with E-state index in [9.17, 15) is 4.79 Å². The minimum Gasteiger partial charge on any atom is -0.467 e. The van der Waals surface area contributed by atoms with Gasteiger partial charge in [0.1, 0.15) is 0 Å². The molecule has 32 heavy (non-hydrogen) atoms. The highest BCUT2D eigenvalue weighted by molar-refractivity contribution is 6.31. The molecule has 2 heterocycles. The summed E-state index contributed by atoms with van der Waals surface area (Å²) in [6, 6.07) is 18.2. The van der Waals surface area contributed by atoms with Crippen molar-refractivity contribution in [3.8, 4) is 11.3 Å². The Kier molecular flexibility index (Phi) is 6.09. The van der Waals surface area contributed by atoms with E-state index in [2.05, 4.69) is 28.8 Å². The van der Waals surface area contributed by atoms with E-state index in [0.717, 1.165) is 28.0 Å². The Labute approximate surface area is 192 Å². The maximum atomic E-state index is 12.0. The molecule has 0 N–H and O–H groups in total. The van der Waals surface area contributed by atoms with Gasteiger partial charge in [-0.25, -0.2) is 4.79 Å². The van der Waals surface area contributed by atoms with Gasteiger partial charge < -0.3 is 14.0 Å². The van der Waals surface area contributed by atoms with Crippen molar-refractivity contribution < 1.29 is 14.3 Å². The van der Waals surface area contributed by atoms with E-state index < -0.39 is 11.6 Å². The number of hydrogen-bond acceptors (Lipinski definition) is 4. The van der Waals surface area contributed by atoms with Crippen molar-refractivity contribution in [3.05, 3.63) is 77.1 Å². The number of carbonyl (C=O) groups excluding carboxylic acids is 1. The van der Waals surface area contributed by atoms with Crippen LogP contribution in [0.2, 0.25) is 5.02 Å². The number of aromatic nitrogens is 3. The van der Waals surface area contributed by atoms with Crippen molar-refractivity contribution in [2.45, 2.75) is 32.6 Å². The van der Waals surface area contributed by atoms with Crippen LogP contribution in [0.4, 0.5) is 0 Å². The Bertz CT molecular complexity index is 1270. The Morgan fingerprint density at radius 3 is 2.66 bits per heavy atom. The number of rotatable bonds is 7. The highest BCUT2D eigenvalue weighted by Crippen LogP contribution is 2.28. The van der Waals surface area contributed by atoms with Gasteiger partial charge in [-0.05, 0) is 49.1 Å². The summed E-state index contributed by atoms with van der Waals surface area (Å²) in [4.78, 5) is 12.0. The molecule has 0 bridgehead atoms. The maximum Gasteiger partial charge on any atom is 0.337 e. The van der Waals surface area contributed by atoms with E-state index in [0.29, 0.717) is 11.6 Å². The van der Waals surface area contributed by atoms with Crippen LogP contribution in [0, 0.1) is 0 Å². The second kappa shape index (κ2) is 8.81. The molecule has 0 unspecified atom stereocenters. The first kappa shape index (κ1) is 22.1. The molecule has 0 fully saturated rings. The van der Waals surface area contributed by atoms with Gasteiger partial charge in [0, 0.05) is 29.3 Å². The molecule has 0 radical (unpaired) electrons. The van der Waals surface area contributed by atoms with Crippen LogP contribution in [0.3, 0.4) is 0 Å². The molecule has 166 valence electrons. The highest BCUT2D eigenvalue weighted by Gasteiger charge is 2.30. The molecule has 4 rings (SSSR count). The van der Waals surface area contributed by atoms with Crippen LogP contribution in [-0.4, -0.2) is 33.0 Å². The van der Waals surface area contributed by atoms with E-state index in [4.69, 9.17) is 26.2 Å². The Morgan fingerprint density at radius 2 is 1.91 bits per heavy atom. The second-order valence-corrected chi connectivity index (χ2v) is 8.67. The normalized spacial score (nSPS) is 11.8. The van der Waals surface area contributed by atoms with Crippen molar-refractivity contribution in [2.24, 2.45) is 7.05 Å². The summed E-state index contributed by atoms with van der Waals surface area (Å²) in [5, 5.41) is 6.64. The number of hydrogen-bond donors (Lipinski definition) is 0. The predicted octanol–water partition coefficient (Wildman–Crippen LogP) is 5.21. The monoisotopic (exact) mass is 451 g/mol. The van der Waals surface area contributed by atoms with Gasteiger partial charge in [-0.2, -0.15) is 5.10 Å². The summed E-state index contributed by atoms with van der Waals surface area (Å²) < 4.78 is 14.7. The molecule has 6 nitrogen and oxygen atoms in total. The number of aryl methyl sites for hydroxylation is 1. The van der Waals surface area contributed by atoms with Gasteiger partial charge in [-0.15, -0.1) is 0 Å². The zero-order valence-electron chi connectivity index (χ0n) is 18.6. The Morgan fingerprint density at radius 1 is 1.12 bits per heavy atom. The minimum absolute atomic E-state index is 0.178. The SMILES string of the molecule is COC(=O)C(C)(C)OCc1cc(-c2ccc3ccn(C)c3c2)n(Cc2ccccc2Cl)n1. The molecule has 0 spiro atoms. The van der Waals surface area contributed by atoms with Gasteiger partial charge in [0.2, 0.25) is 0 Å². The van der Waals surface area contributed by atoms with Crippen LogP contribution < -0.4 is 0 Å². The van der Waals surface area contributed by atoms with Gasteiger partial charge in [-0.3, -0.25) is 4.68 Å². The molecule has 0 amide bonds. The number of halogens is 1. The zero-order chi connectivity index (χ0) is 22.9. The number of benzene rings is 2. The first-order valence-corrected chi connectivity index (χ1v) is 10.7. The molecular weight excluding hydrogens is 426 g/mol. The van der Waals surface area contributed by atoms with Crippen LogP contribution in [0.15, 0.2) is 60.8 Å². The molecule has 2 aromatic carbocycles. The standard InChI is InChI=1S/C25H26ClN3O3/c1-25(2,24(30)31-4)32-16-20-14-23(18-10-9-17-11-12-28(3)22(17)13-18)29(27-20)15-19-7-5-6-8-21(19)26/h5-14H,15-16H2,1-4H3. The van der Waals surface area contributed by atoms with E-state index in [1.807, 2.05) is 48.3 Å². The lowest BCUT2D eigenvalue weighted by Crippen LogP contribution is -2.35. The van der Waals surface area contributed by atoms with Crippen molar-refractivity contribution in [1.29, 1.82) is 0 Å². The minimum atomic E-state index is -1.07. The molecule has 0 atom stereocenters. The van der Waals surface area contributed by atoms with Gasteiger partial charge in [0.25, 0.3) is 0 Å². The average Bonchev–Trinajstić information content (AvgIpc) is 3.36. The number of esters is 1. The fourth-order valence-electron chi connectivity index (χ4n) is 3.66. The van der Waals surface area contributed by atoms with Gasteiger partial charge in [-0.1, -0.05) is 41.9 Å². The van der Waals surface area contributed by atoms with Crippen molar-refractivity contribution in [1.82, 2.24) is 14.3 Å². The van der Waals surface area contributed by atoms with Crippen LogP contribution in [0.5, 0.6) is 0 Å². The summed E-state index contributed by atoms with van der Waals surface area (Å²) in [7, 11) is 3.38. The van der Waals surface area contributed by atoms with E-state index in [1.54, 1.807) is 13.8 Å². The number of nitrogens with zero attached hydrogens (tertiary/aromatic N) is 3. The van der Waals surface area contributed by atoms with Crippen molar-refractivity contribution in [2.75, 3.05) is 7.11 Å². The summed E-state index contributed by atoms with van der Waals surface area (Å²) in [6.07, 6.45) is 2.05. The largest absolute Gasteiger partial charge is 0.467 e. The molecule has 7 heteroatoms. The lowest BCUT2D eigenvalue weighted by molar-refractivity contribution is -0.166. The third-order valence-corrected chi connectivity index (χ3v) is 5.92. The fourth-order valence-corrected chi connectivity index (χ4v) is 3.86. The summed E-state index contributed by atoms with van der Waals surface area (Å²) in [5.74, 6) is -0.428. The van der Waals surface area contributed by atoms with E-state index in [-0.39, 0.29) is 6.61 Å². The number of methoxy groups -OCH3 is 1. The average molecular weight is 452 g/mol. The van der Waals surface area contributed by atoms with Gasteiger partial charge in [0.05, 0.1) is 31.6 Å². The molecule has 0 aliphatic heterocycles. The highest BCUT2D eigenvalue weighted by atomic mass is 35.5. The van der Waals surface area contributed by atoms with Gasteiger partial charge in [0.15, 0.2) is 5.60 Å². The number of ether oxygens (including phenoxy) is 2. The Balaban J connectivity index is 1.71. The number of carbonyl (C=O) groups is 1. The van der Waals surface area contributed by atoms with Gasteiger partial charge >= 0.3 is 5.97 Å². The summed E-state index contributed by atoms with van der Waals surface area (Å²) in [6.45, 7) is 4.06. The predicted molar refractivity (Wildman–Crippen MR) is 126 cm³/mol. The lowest BCUT2D eigenvalue weighted by Gasteiger charge is -2.21. The topological polar surface area (TPSA) is 58.3 Å².